The molecule has 1 aliphatic carbocycles. The summed E-state index contributed by atoms with van der Waals surface area (Å²) in [6.07, 6.45) is -0.916. The van der Waals surface area contributed by atoms with Crippen LogP contribution in [0.15, 0.2) is 41.2 Å². The zero-order valence-electron chi connectivity index (χ0n) is 18.5. The van der Waals surface area contributed by atoms with Crippen LogP contribution in [0.3, 0.4) is 0 Å². The molecule has 2 aromatic heterocycles. The van der Waals surface area contributed by atoms with E-state index in [1.54, 1.807) is 33.0 Å². The third kappa shape index (κ3) is 3.99. The molecule has 0 saturated heterocycles. The molecule has 0 spiro atoms. The van der Waals surface area contributed by atoms with Gasteiger partial charge in [0.2, 0.25) is 0 Å². The Bertz CT molecular complexity index is 1250. The summed E-state index contributed by atoms with van der Waals surface area (Å²) in [7, 11) is 1.59. The average molecular weight is 444 g/mol. The Morgan fingerprint density at radius 1 is 1.28 bits per heavy atom. The number of carbonyl (C=O) groups is 1. The van der Waals surface area contributed by atoms with E-state index in [4.69, 9.17) is 4.74 Å². The highest BCUT2D eigenvalue weighted by molar-refractivity contribution is 5.76. The molecule has 1 atom stereocenters. The number of alkyl halides is 2. The minimum Gasteiger partial charge on any atom is -0.447 e. The first-order chi connectivity index (χ1) is 15.0. The number of nitrogens with zero attached hydrogens (tertiary/aromatic N) is 3. The molecule has 1 amide bonds. The van der Waals surface area contributed by atoms with Crippen molar-refractivity contribution in [2.75, 3.05) is 0 Å². The number of nitrogens with one attached hydrogen (secondary N) is 1. The fraction of sp³-hybridized carbons (Fsp3) is 0.435. The van der Waals surface area contributed by atoms with Gasteiger partial charge in [-0.15, -0.1) is 0 Å². The number of fused-ring (bicyclic) bond motifs is 1. The van der Waals surface area contributed by atoms with Crippen LogP contribution in [-0.4, -0.2) is 32.2 Å². The molecule has 3 aromatic rings. The molecule has 1 aliphatic rings. The number of rotatable bonds is 6. The van der Waals surface area contributed by atoms with Crippen LogP contribution in [0.25, 0.3) is 22.4 Å². The number of benzene rings is 1. The molecule has 1 N–H and O–H groups in total. The lowest BCUT2D eigenvalue weighted by Gasteiger charge is -2.11. The van der Waals surface area contributed by atoms with Gasteiger partial charge in [-0.3, -0.25) is 9.13 Å². The van der Waals surface area contributed by atoms with Crippen molar-refractivity contribution in [1.29, 1.82) is 0 Å². The van der Waals surface area contributed by atoms with E-state index in [2.05, 4.69) is 10.3 Å². The third-order valence-corrected chi connectivity index (χ3v) is 5.86. The fourth-order valence-electron chi connectivity index (χ4n) is 3.82. The van der Waals surface area contributed by atoms with E-state index in [1.807, 2.05) is 24.3 Å². The second-order valence-corrected chi connectivity index (χ2v) is 8.92. The van der Waals surface area contributed by atoms with Gasteiger partial charge in [-0.25, -0.2) is 23.4 Å². The van der Waals surface area contributed by atoms with Gasteiger partial charge in [0.1, 0.15) is 0 Å². The molecular weight excluding hydrogens is 418 g/mol. The Morgan fingerprint density at radius 3 is 2.66 bits per heavy atom. The normalized spacial score (nSPS) is 19.3. The van der Waals surface area contributed by atoms with E-state index in [-0.39, 0.29) is 24.8 Å². The van der Waals surface area contributed by atoms with E-state index in [0.29, 0.717) is 23.4 Å². The van der Waals surface area contributed by atoms with Crippen molar-refractivity contribution >= 4 is 17.3 Å². The van der Waals surface area contributed by atoms with Gasteiger partial charge in [-0.05, 0) is 37.6 Å². The number of pyridine rings is 1. The largest absolute Gasteiger partial charge is 0.447 e. The zero-order chi connectivity index (χ0) is 23.3. The summed E-state index contributed by atoms with van der Waals surface area (Å²) in [5.41, 5.74) is 1.70. The van der Waals surface area contributed by atoms with Crippen molar-refractivity contribution < 1.29 is 18.3 Å². The molecule has 0 bridgehead atoms. The second-order valence-electron chi connectivity index (χ2n) is 8.92. The Balaban J connectivity index is 1.60. The molecule has 170 valence electrons. The van der Waals surface area contributed by atoms with Gasteiger partial charge in [-0.1, -0.05) is 25.1 Å². The smallest absolute Gasteiger partial charge is 0.407 e. The molecule has 2 heterocycles. The van der Waals surface area contributed by atoms with E-state index in [9.17, 15) is 18.4 Å². The number of carbonyl (C=O) groups excluding carboxylic acids is 1. The Kier molecular flexibility index (Phi) is 5.30. The monoisotopic (exact) mass is 444 g/mol. The SMILES string of the molecule is CC(C)OC(=O)NCc1cccc(-c2ccc3c(n2)n(C)c(=O)n3CC2(C)CC2(F)F)c1. The highest BCUT2D eigenvalue weighted by Crippen LogP contribution is 2.61. The molecule has 9 heteroatoms. The molecule has 7 nitrogen and oxygen atoms in total. The van der Waals surface area contributed by atoms with Crippen molar-refractivity contribution in [3.8, 4) is 11.3 Å². The fourth-order valence-corrected chi connectivity index (χ4v) is 3.82. The van der Waals surface area contributed by atoms with E-state index in [0.717, 1.165) is 11.1 Å². The molecule has 32 heavy (non-hydrogen) atoms. The maximum Gasteiger partial charge on any atom is 0.407 e. The number of ether oxygens (including phenoxy) is 1. The first-order valence-corrected chi connectivity index (χ1v) is 10.5. The molecule has 0 radical (unpaired) electrons. The van der Waals surface area contributed by atoms with Gasteiger partial charge in [0.05, 0.1) is 22.7 Å². The Labute approximate surface area is 184 Å². The van der Waals surface area contributed by atoms with Crippen LogP contribution in [0.1, 0.15) is 32.8 Å². The second kappa shape index (κ2) is 7.72. The van der Waals surface area contributed by atoms with E-state index >= 15 is 0 Å². The van der Waals surface area contributed by atoms with Crippen LogP contribution in [0.5, 0.6) is 0 Å². The standard InChI is InChI=1S/C23H26F2N4O3/c1-14(2)32-20(30)26-11-15-6-5-7-16(10-15)17-8-9-18-19(27-17)28(4)21(31)29(18)13-22(3)12-23(22,24)25/h5-10,14H,11-13H2,1-4H3,(H,26,30). The maximum absolute atomic E-state index is 13.7. The predicted molar refractivity (Wildman–Crippen MR) is 117 cm³/mol. The summed E-state index contributed by atoms with van der Waals surface area (Å²) >= 11 is 0. The molecule has 1 fully saturated rings. The summed E-state index contributed by atoms with van der Waals surface area (Å²) in [5.74, 6) is -2.75. The number of halogens is 2. The third-order valence-electron chi connectivity index (χ3n) is 5.86. The summed E-state index contributed by atoms with van der Waals surface area (Å²) < 4.78 is 35.3. The minimum atomic E-state index is -2.75. The van der Waals surface area contributed by atoms with Gasteiger partial charge in [0, 0.05) is 32.1 Å². The highest BCUT2D eigenvalue weighted by atomic mass is 19.3. The first kappa shape index (κ1) is 22.0. The first-order valence-electron chi connectivity index (χ1n) is 10.5. The number of aryl methyl sites for hydroxylation is 1. The molecule has 1 saturated carbocycles. The lowest BCUT2D eigenvalue weighted by atomic mass is 10.1. The van der Waals surface area contributed by atoms with Crippen LogP contribution in [0.2, 0.25) is 0 Å². The number of hydrogen-bond donors (Lipinski definition) is 1. The van der Waals surface area contributed by atoms with E-state index < -0.39 is 17.4 Å². The molecule has 0 aliphatic heterocycles. The summed E-state index contributed by atoms with van der Waals surface area (Å²) in [4.78, 5) is 29.1. The van der Waals surface area contributed by atoms with Crippen molar-refractivity contribution in [1.82, 2.24) is 19.4 Å². The van der Waals surface area contributed by atoms with Crippen molar-refractivity contribution in [2.24, 2.45) is 12.5 Å². The molecular formula is C23H26F2N4O3. The number of imidazole rings is 1. The lowest BCUT2D eigenvalue weighted by molar-refractivity contribution is 0.0637. The van der Waals surface area contributed by atoms with E-state index in [1.165, 1.54) is 16.1 Å². The van der Waals surface area contributed by atoms with Crippen molar-refractivity contribution in [3.05, 3.63) is 52.4 Å². The van der Waals surface area contributed by atoms with Gasteiger partial charge in [0.25, 0.3) is 5.92 Å². The summed E-state index contributed by atoms with van der Waals surface area (Å²) in [6, 6.07) is 11.0. The molecule has 4 rings (SSSR count). The zero-order valence-corrected chi connectivity index (χ0v) is 18.5. The topological polar surface area (TPSA) is 78.2 Å². The highest BCUT2D eigenvalue weighted by Gasteiger charge is 2.68. The lowest BCUT2D eigenvalue weighted by Crippen LogP contribution is -2.27. The van der Waals surface area contributed by atoms with Gasteiger partial charge in [-0.2, -0.15) is 0 Å². The quantitative estimate of drug-likeness (QED) is 0.622. The van der Waals surface area contributed by atoms with Crippen LogP contribution < -0.4 is 11.0 Å². The Morgan fingerprint density at radius 2 is 2.00 bits per heavy atom. The van der Waals surface area contributed by atoms with Crippen molar-refractivity contribution in [2.45, 2.75) is 52.3 Å². The number of amides is 1. The average Bonchev–Trinajstić information content (AvgIpc) is 3.15. The summed E-state index contributed by atoms with van der Waals surface area (Å²) in [5, 5.41) is 2.70. The van der Waals surface area contributed by atoms with Crippen molar-refractivity contribution in [3.63, 3.8) is 0 Å². The van der Waals surface area contributed by atoms with Crippen LogP contribution >= 0.6 is 0 Å². The Hall–Kier alpha value is -3.23. The van der Waals surface area contributed by atoms with Gasteiger partial charge >= 0.3 is 11.8 Å². The molecule has 1 unspecified atom stereocenters. The van der Waals surface area contributed by atoms with Crippen LogP contribution in [-0.2, 0) is 24.9 Å². The van der Waals surface area contributed by atoms with Crippen LogP contribution in [0, 0.1) is 5.41 Å². The van der Waals surface area contributed by atoms with Crippen LogP contribution in [0.4, 0.5) is 13.6 Å². The number of alkyl carbamates (subject to hydrolysis) is 1. The number of hydrogen-bond acceptors (Lipinski definition) is 4. The summed E-state index contributed by atoms with van der Waals surface area (Å²) in [6.45, 7) is 5.29. The molecule has 1 aromatic carbocycles. The number of aromatic nitrogens is 3. The predicted octanol–water partition coefficient (Wildman–Crippen LogP) is 4.08. The maximum atomic E-state index is 13.7. The van der Waals surface area contributed by atoms with Gasteiger partial charge < -0.3 is 10.1 Å². The minimum absolute atomic E-state index is 0.0508. The van der Waals surface area contributed by atoms with Gasteiger partial charge in [0.15, 0.2) is 5.65 Å².